The molecule has 106 valence electrons. The molecule has 0 aliphatic rings. The summed E-state index contributed by atoms with van der Waals surface area (Å²) in [7, 11) is 3.02. The van der Waals surface area contributed by atoms with E-state index in [2.05, 4.69) is 6.92 Å². The van der Waals surface area contributed by atoms with Gasteiger partial charge in [-0.25, -0.2) is 4.79 Å². The Bertz CT molecular complexity index is 372. The molecule has 0 saturated carbocycles. The van der Waals surface area contributed by atoms with Crippen molar-refractivity contribution in [3.8, 4) is 5.75 Å². The van der Waals surface area contributed by atoms with Crippen molar-refractivity contribution in [2.24, 2.45) is 0 Å². The summed E-state index contributed by atoms with van der Waals surface area (Å²) >= 11 is 0. The third-order valence-electron chi connectivity index (χ3n) is 2.89. The molecule has 0 N–H and O–H groups in total. The molecule has 1 aromatic carbocycles. The summed E-state index contributed by atoms with van der Waals surface area (Å²) in [4.78, 5) is 11.6. The van der Waals surface area contributed by atoms with Crippen LogP contribution in [0.4, 0.5) is 0 Å². The molecule has 0 spiro atoms. The molecule has 1 rings (SSSR count). The van der Waals surface area contributed by atoms with Crippen molar-refractivity contribution in [3.05, 3.63) is 29.8 Å². The second kappa shape index (κ2) is 8.53. The molecule has 0 amide bonds. The van der Waals surface area contributed by atoms with Crippen LogP contribution in [0.25, 0.3) is 0 Å². The van der Waals surface area contributed by atoms with E-state index in [0.29, 0.717) is 13.0 Å². The Balaban J connectivity index is 2.51. The number of hydrogen-bond donors (Lipinski definition) is 0. The van der Waals surface area contributed by atoms with Crippen molar-refractivity contribution >= 4 is 5.97 Å². The number of unbranched alkanes of at least 4 members (excludes halogenated alkanes) is 1. The first-order chi connectivity index (χ1) is 9.21. The Labute approximate surface area is 114 Å². The number of methoxy groups -OCH3 is 2. The minimum absolute atomic E-state index is 0.304. The summed E-state index contributed by atoms with van der Waals surface area (Å²) < 4.78 is 15.5. The lowest BCUT2D eigenvalue weighted by Crippen LogP contribution is -2.25. The molecule has 0 saturated heterocycles. The van der Waals surface area contributed by atoms with Crippen molar-refractivity contribution < 1.29 is 19.0 Å². The van der Waals surface area contributed by atoms with E-state index < -0.39 is 6.10 Å². The largest absolute Gasteiger partial charge is 0.497 e. The molecule has 0 heterocycles. The normalized spacial score (nSPS) is 11.9. The topological polar surface area (TPSA) is 44.8 Å². The zero-order valence-electron chi connectivity index (χ0n) is 11.8. The quantitative estimate of drug-likeness (QED) is 0.679. The Morgan fingerprint density at radius 3 is 2.42 bits per heavy atom. The number of esters is 1. The predicted molar refractivity (Wildman–Crippen MR) is 73.1 cm³/mol. The molecule has 1 atom stereocenters. The molecule has 0 aliphatic heterocycles. The van der Waals surface area contributed by atoms with Crippen LogP contribution in [-0.2, 0) is 20.9 Å². The van der Waals surface area contributed by atoms with Crippen LogP contribution in [0, 0.1) is 0 Å². The third kappa shape index (κ3) is 5.30. The SMILES string of the molecule is CCCCC(OCc1ccc(OC)cc1)C(=O)OC. The summed E-state index contributed by atoms with van der Waals surface area (Å²) in [5, 5.41) is 0. The van der Waals surface area contributed by atoms with Crippen molar-refractivity contribution in [2.75, 3.05) is 14.2 Å². The molecule has 0 fully saturated rings. The highest BCUT2D eigenvalue weighted by atomic mass is 16.6. The minimum atomic E-state index is -0.480. The summed E-state index contributed by atoms with van der Waals surface area (Å²) in [6, 6.07) is 7.59. The number of rotatable bonds is 8. The number of ether oxygens (including phenoxy) is 3. The fraction of sp³-hybridized carbons (Fsp3) is 0.533. The second-order valence-electron chi connectivity index (χ2n) is 4.31. The van der Waals surface area contributed by atoms with Crippen molar-refractivity contribution in [1.82, 2.24) is 0 Å². The zero-order chi connectivity index (χ0) is 14.1. The average Bonchev–Trinajstić information content (AvgIpc) is 2.47. The van der Waals surface area contributed by atoms with Crippen LogP contribution in [0.15, 0.2) is 24.3 Å². The highest BCUT2D eigenvalue weighted by molar-refractivity contribution is 5.74. The van der Waals surface area contributed by atoms with Gasteiger partial charge in [0.05, 0.1) is 20.8 Å². The predicted octanol–water partition coefficient (Wildman–Crippen LogP) is 2.94. The van der Waals surface area contributed by atoms with Crippen molar-refractivity contribution in [1.29, 1.82) is 0 Å². The molecule has 4 nitrogen and oxygen atoms in total. The second-order valence-corrected chi connectivity index (χ2v) is 4.31. The highest BCUT2D eigenvalue weighted by Gasteiger charge is 2.19. The zero-order valence-corrected chi connectivity index (χ0v) is 11.8. The first kappa shape index (κ1) is 15.5. The molecule has 0 radical (unpaired) electrons. The molecule has 0 aliphatic carbocycles. The number of carbonyl (C=O) groups is 1. The van der Waals surface area contributed by atoms with E-state index in [9.17, 15) is 4.79 Å². The number of carbonyl (C=O) groups excluding carboxylic acids is 1. The van der Waals surface area contributed by atoms with E-state index >= 15 is 0 Å². The lowest BCUT2D eigenvalue weighted by atomic mass is 10.1. The van der Waals surface area contributed by atoms with Gasteiger partial charge in [-0.3, -0.25) is 0 Å². The molecule has 0 aromatic heterocycles. The molecule has 19 heavy (non-hydrogen) atoms. The molecule has 1 aromatic rings. The maximum atomic E-state index is 11.6. The van der Waals surface area contributed by atoms with E-state index in [1.165, 1.54) is 7.11 Å². The van der Waals surface area contributed by atoms with E-state index in [0.717, 1.165) is 24.2 Å². The van der Waals surface area contributed by atoms with Gasteiger partial charge in [0, 0.05) is 0 Å². The van der Waals surface area contributed by atoms with Crippen LogP contribution in [0.2, 0.25) is 0 Å². The third-order valence-corrected chi connectivity index (χ3v) is 2.89. The summed E-state index contributed by atoms with van der Waals surface area (Å²) in [5.41, 5.74) is 1.01. The van der Waals surface area contributed by atoms with Gasteiger partial charge in [-0.15, -0.1) is 0 Å². The molecular formula is C15H22O4. The standard InChI is InChI=1S/C15H22O4/c1-4-5-6-14(15(16)18-3)19-11-12-7-9-13(17-2)10-8-12/h7-10,14H,4-6,11H2,1-3H3. The van der Waals surface area contributed by atoms with Crippen LogP contribution < -0.4 is 4.74 Å². The molecule has 0 bridgehead atoms. The van der Waals surface area contributed by atoms with Crippen LogP contribution in [0.5, 0.6) is 5.75 Å². The summed E-state index contributed by atoms with van der Waals surface area (Å²) in [6.45, 7) is 2.48. The molecular weight excluding hydrogens is 244 g/mol. The van der Waals surface area contributed by atoms with Crippen molar-refractivity contribution in [2.45, 2.75) is 38.9 Å². The van der Waals surface area contributed by atoms with E-state index in [4.69, 9.17) is 14.2 Å². The summed E-state index contributed by atoms with van der Waals surface area (Å²) in [6.07, 6.45) is 2.19. The van der Waals surface area contributed by atoms with Crippen molar-refractivity contribution in [3.63, 3.8) is 0 Å². The van der Waals surface area contributed by atoms with Gasteiger partial charge in [0.25, 0.3) is 0 Å². The lowest BCUT2D eigenvalue weighted by Gasteiger charge is -2.15. The van der Waals surface area contributed by atoms with Gasteiger partial charge in [0.15, 0.2) is 6.10 Å². The van der Waals surface area contributed by atoms with Gasteiger partial charge >= 0.3 is 5.97 Å². The van der Waals surface area contributed by atoms with Gasteiger partial charge in [0.1, 0.15) is 5.75 Å². The first-order valence-electron chi connectivity index (χ1n) is 6.53. The fourth-order valence-electron chi connectivity index (χ4n) is 1.71. The maximum Gasteiger partial charge on any atom is 0.334 e. The number of hydrogen-bond acceptors (Lipinski definition) is 4. The van der Waals surface area contributed by atoms with Crippen LogP contribution in [-0.4, -0.2) is 26.3 Å². The van der Waals surface area contributed by atoms with Crippen LogP contribution in [0.3, 0.4) is 0 Å². The van der Waals surface area contributed by atoms with Gasteiger partial charge in [-0.2, -0.15) is 0 Å². The van der Waals surface area contributed by atoms with Gasteiger partial charge in [-0.05, 0) is 24.1 Å². The maximum absolute atomic E-state index is 11.6. The molecule has 1 unspecified atom stereocenters. The van der Waals surface area contributed by atoms with Gasteiger partial charge < -0.3 is 14.2 Å². The van der Waals surface area contributed by atoms with E-state index in [-0.39, 0.29) is 5.97 Å². The van der Waals surface area contributed by atoms with Gasteiger partial charge in [0.2, 0.25) is 0 Å². The summed E-state index contributed by atoms with van der Waals surface area (Å²) in [5.74, 6) is 0.501. The highest BCUT2D eigenvalue weighted by Crippen LogP contribution is 2.14. The first-order valence-corrected chi connectivity index (χ1v) is 6.53. The monoisotopic (exact) mass is 266 g/mol. The van der Waals surface area contributed by atoms with E-state index in [1.807, 2.05) is 24.3 Å². The van der Waals surface area contributed by atoms with Gasteiger partial charge in [-0.1, -0.05) is 31.9 Å². The smallest absolute Gasteiger partial charge is 0.334 e. The Morgan fingerprint density at radius 1 is 1.21 bits per heavy atom. The van der Waals surface area contributed by atoms with Crippen LogP contribution in [0.1, 0.15) is 31.7 Å². The Kier molecular flexibility index (Phi) is 6.97. The van der Waals surface area contributed by atoms with Crippen LogP contribution >= 0.6 is 0 Å². The van der Waals surface area contributed by atoms with E-state index in [1.54, 1.807) is 7.11 Å². The lowest BCUT2D eigenvalue weighted by molar-refractivity contribution is -0.155. The molecule has 4 heteroatoms. The minimum Gasteiger partial charge on any atom is -0.497 e. The fourth-order valence-corrected chi connectivity index (χ4v) is 1.71. The Morgan fingerprint density at radius 2 is 1.89 bits per heavy atom. The number of benzene rings is 1. The Hall–Kier alpha value is -1.55. The average molecular weight is 266 g/mol.